The van der Waals surface area contributed by atoms with Crippen LogP contribution in [-0.4, -0.2) is 70.1 Å². The van der Waals surface area contributed by atoms with E-state index in [2.05, 4.69) is 5.32 Å². The van der Waals surface area contributed by atoms with Crippen LogP contribution in [0.1, 0.15) is 59.8 Å². The maximum Gasteiger partial charge on any atom is 0.222 e. The van der Waals surface area contributed by atoms with Gasteiger partial charge in [-0.25, -0.2) is 0 Å². The van der Waals surface area contributed by atoms with Crippen LogP contribution in [0.15, 0.2) is 0 Å². The number of ether oxygens (including phenoxy) is 4. The Morgan fingerprint density at radius 2 is 1.31 bits per heavy atom. The number of nitrogens with one attached hydrogen (secondary N) is 1. The van der Waals surface area contributed by atoms with Crippen LogP contribution in [0.5, 0.6) is 0 Å². The quantitative estimate of drug-likeness (QED) is 0.390. The first-order chi connectivity index (χ1) is 13.9. The average Bonchev–Trinajstić information content (AvgIpc) is 2.68. The van der Waals surface area contributed by atoms with Crippen LogP contribution < -0.4 is 5.32 Å². The lowest BCUT2D eigenvalue weighted by Gasteiger charge is -2.29. The van der Waals surface area contributed by atoms with Crippen molar-refractivity contribution in [3.8, 4) is 0 Å². The van der Waals surface area contributed by atoms with E-state index < -0.39 is 0 Å². The highest BCUT2D eigenvalue weighted by atomic mass is 16.6. The van der Waals surface area contributed by atoms with Gasteiger partial charge in [0, 0.05) is 24.3 Å². The van der Waals surface area contributed by atoms with Crippen LogP contribution in [0.3, 0.4) is 0 Å². The Bertz CT molecular complexity index is 447. The van der Waals surface area contributed by atoms with Gasteiger partial charge in [-0.3, -0.25) is 9.59 Å². The van der Waals surface area contributed by atoms with Crippen molar-refractivity contribution in [2.45, 2.75) is 71.9 Å². The van der Waals surface area contributed by atoms with Crippen LogP contribution in [0, 0.1) is 11.8 Å². The van der Waals surface area contributed by atoms with E-state index in [-0.39, 0.29) is 29.9 Å². The fraction of sp³-hybridized carbons (Fsp3) is 0.909. The van der Waals surface area contributed by atoms with Gasteiger partial charge in [-0.15, -0.1) is 0 Å². The molecule has 0 aromatic rings. The highest BCUT2D eigenvalue weighted by Gasteiger charge is 2.28. The van der Waals surface area contributed by atoms with Gasteiger partial charge in [0.2, 0.25) is 5.91 Å². The van der Waals surface area contributed by atoms with Crippen molar-refractivity contribution in [2.75, 3.05) is 46.2 Å². The zero-order valence-corrected chi connectivity index (χ0v) is 18.7. The molecule has 1 fully saturated rings. The molecule has 1 saturated carbocycles. The Morgan fingerprint density at radius 3 is 1.83 bits per heavy atom. The molecule has 1 rings (SSSR count). The maximum atomic E-state index is 12.1. The van der Waals surface area contributed by atoms with E-state index in [0.29, 0.717) is 58.5 Å². The summed E-state index contributed by atoms with van der Waals surface area (Å²) in [4.78, 5) is 24.1. The predicted octanol–water partition coefficient (Wildman–Crippen LogP) is 2.75. The number of carbonyl (C=O) groups excluding carboxylic acids is 2. The summed E-state index contributed by atoms with van der Waals surface area (Å²) in [6.07, 6.45) is 4.10. The summed E-state index contributed by atoms with van der Waals surface area (Å²) in [5.74, 6) is 0.646. The summed E-state index contributed by atoms with van der Waals surface area (Å²) < 4.78 is 21.6. The van der Waals surface area contributed by atoms with Gasteiger partial charge in [0.1, 0.15) is 5.78 Å². The summed E-state index contributed by atoms with van der Waals surface area (Å²) in [7, 11) is 0. The summed E-state index contributed by atoms with van der Waals surface area (Å²) in [6.45, 7) is 11.5. The third-order valence-corrected chi connectivity index (χ3v) is 4.96. The zero-order valence-electron chi connectivity index (χ0n) is 18.7. The van der Waals surface area contributed by atoms with E-state index in [0.717, 1.165) is 25.7 Å². The molecule has 1 aliphatic rings. The molecule has 0 unspecified atom stereocenters. The molecular weight excluding hydrogens is 374 g/mol. The van der Waals surface area contributed by atoms with Gasteiger partial charge in [-0.05, 0) is 39.5 Å². The third kappa shape index (κ3) is 13.0. The molecule has 1 aliphatic carbocycles. The second-order valence-electron chi connectivity index (χ2n) is 8.18. The SMILES string of the molecule is CC(C)OCCOCCOCCOCCC(=O)N[C@H]1CC[C@@H](C(=O)C(C)C)CC1. The topological polar surface area (TPSA) is 83.1 Å². The van der Waals surface area contributed by atoms with Crippen LogP contribution >= 0.6 is 0 Å². The van der Waals surface area contributed by atoms with E-state index in [9.17, 15) is 9.59 Å². The molecule has 1 N–H and O–H groups in total. The summed E-state index contributed by atoms with van der Waals surface area (Å²) in [5.41, 5.74) is 0. The third-order valence-electron chi connectivity index (χ3n) is 4.96. The molecule has 0 heterocycles. The molecule has 0 aromatic carbocycles. The molecule has 7 nitrogen and oxygen atoms in total. The minimum Gasteiger partial charge on any atom is -0.379 e. The van der Waals surface area contributed by atoms with E-state index in [1.54, 1.807) is 0 Å². The van der Waals surface area contributed by atoms with Gasteiger partial charge in [0.15, 0.2) is 0 Å². The number of rotatable bonds is 16. The second-order valence-corrected chi connectivity index (χ2v) is 8.18. The molecule has 0 bridgehead atoms. The van der Waals surface area contributed by atoms with Crippen LogP contribution in [0.25, 0.3) is 0 Å². The fourth-order valence-corrected chi connectivity index (χ4v) is 3.34. The van der Waals surface area contributed by atoms with Gasteiger partial charge in [0.25, 0.3) is 0 Å². The van der Waals surface area contributed by atoms with Crippen LogP contribution in [0.4, 0.5) is 0 Å². The van der Waals surface area contributed by atoms with E-state index in [1.165, 1.54) is 0 Å². The van der Waals surface area contributed by atoms with Gasteiger partial charge >= 0.3 is 0 Å². The van der Waals surface area contributed by atoms with Gasteiger partial charge < -0.3 is 24.3 Å². The smallest absolute Gasteiger partial charge is 0.222 e. The Labute approximate surface area is 176 Å². The largest absolute Gasteiger partial charge is 0.379 e. The lowest BCUT2D eigenvalue weighted by molar-refractivity contribution is -0.127. The standard InChI is InChI=1S/C22H41NO6/c1-17(2)22(25)19-5-7-20(8-6-19)23-21(24)9-10-26-11-12-27-13-14-28-15-16-29-18(3)4/h17-20H,5-16H2,1-4H3,(H,23,24)/t19-,20+. The highest BCUT2D eigenvalue weighted by molar-refractivity contribution is 5.83. The number of amides is 1. The molecule has 0 radical (unpaired) electrons. The number of hydrogen-bond donors (Lipinski definition) is 1. The summed E-state index contributed by atoms with van der Waals surface area (Å²) >= 11 is 0. The van der Waals surface area contributed by atoms with Crippen molar-refractivity contribution >= 4 is 11.7 Å². The van der Waals surface area contributed by atoms with Gasteiger partial charge in [0.05, 0.1) is 52.4 Å². The Kier molecular flexibility index (Phi) is 14.1. The van der Waals surface area contributed by atoms with Crippen molar-refractivity contribution in [3.05, 3.63) is 0 Å². The molecule has 29 heavy (non-hydrogen) atoms. The van der Waals surface area contributed by atoms with E-state index in [1.807, 2.05) is 27.7 Å². The molecule has 0 aromatic heterocycles. The first kappa shape index (κ1) is 26.0. The Morgan fingerprint density at radius 1 is 0.793 bits per heavy atom. The fourth-order valence-electron chi connectivity index (χ4n) is 3.34. The van der Waals surface area contributed by atoms with E-state index >= 15 is 0 Å². The van der Waals surface area contributed by atoms with Crippen LogP contribution in [-0.2, 0) is 28.5 Å². The van der Waals surface area contributed by atoms with Crippen LogP contribution in [0.2, 0.25) is 0 Å². The number of ketones is 1. The monoisotopic (exact) mass is 415 g/mol. The first-order valence-electron chi connectivity index (χ1n) is 11.1. The lowest BCUT2D eigenvalue weighted by Crippen LogP contribution is -2.39. The average molecular weight is 416 g/mol. The molecule has 0 saturated heterocycles. The Balaban J connectivity index is 1.91. The molecule has 0 atom stereocenters. The Hall–Kier alpha value is -1.02. The molecule has 1 amide bonds. The van der Waals surface area contributed by atoms with Crippen molar-refractivity contribution in [1.82, 2.24) is 5.32 Å². The molecular formula is C22H41NO6. The number of Topliss-reactive ketones (excluding diaryl/α,β-unsaturated/α-hetero) is 1. The maximum absolute atomic E-state index is 12.1. The molecule has 0 spiro atoms. The number of hydrogen-bond acceptors (Lipinski definition) is 6. The van der Waals surface area contributed by atoms with Gasteiger partial charge in [-0.2, -0.15) is 0 Å². The van der Waals surface area contributed by atoms with Gasteiger partial charge in [-0.1, -0.05) is 13.8 Å². The minimum absolute atomic E-state index is 0.0153. The summed E-state index contributed by atoms with van der Waals surface area (Å²) in [5, 5.41) is 3.06. The van der Waals surface area contributed by atoms with E-state index in [4.69, 9.17) is 18.9 Å². The molecule has 7 heteroatoms. The first-order valence-corrected chi connectivity index (χ1v) is 11.1. The summed E-state index contributed by atoms with van der Waals surface area (Å²) in [6, 6.07) is 0.188. The highest BCUT2D eigenvalue weighted by Crippen LogP contribution is 2.27. The molecule has 0 aliphatic heterocycles. The minimum atomic E-state index is 0.0153. The van der Waals surface area contributed by atoms with Crippen molar-refractivity contribution < 1.29 is 28.5 Å². The number of carbonyl (C=O) groups is 2. The predicted molar refractivity (Wildman–Crippen MR) is 112 cm³/mol. The lowest BCUT2D eigenvalue weighted by atomic mass is 9.80. The van der Waals surface area contributed by atoms with Crippen molar-refractivity contribution in [3.63, 3.8) is 0 Å². The zero-order chi connectivity index (χ0) is 21.5. The van der Waals surface area contributed by atoms with Crippen molar-refractivity contribution in [2.24, 2.45) is 11.8 Å². The molecule has 170 valence electrons. The normalized spacial score (nSPS) is 19.7. The van der Waals surface area contributed by atoms with Crippen molar-refractivity contribution in [1.29, 1.82) is 0 Å². The second kappa shape index (κ2) is 15.8.